The van der Waals surface area contributed by atoms with E-state index in [1.165, 1.54) is 18.2 Å². The maximum Gasteiger partial charge on any atom is 0.423 e. The summed E-state index contributed by atoms with van der Waals surface area (Å²) in [5.74, 6) is 0. The minimum atomic E-state index is -4.73. The summed E-state index contributed by atoms with van der Waals surface area (Å²) in [7, 11) is 0. The number of rotatable bonds is 0. The van der Waals surface area contributed by atoms with Crippen LogP contribution >= 0.6 is 11.6 Å². The SMILES string of the molecule is O=c1oc2c(Cl)cccc2cc1C(F)(F)F. The lowest BCUT2D eigenvalue weighted by molar-refractivity contribution is -0.139. The number of fused-ring (bicyclic) bond motifs is 1. The fourth-order valence-electron chi connectivity index (χ4n) is 1.31. The first-order valence-electron chi connectivity index (χ1n) is 4.19. The average Bonchev–Trinajstić information content (AvgIpc) is 2.17. The van der Waals surface area contributed by atoms with E-state index in [0.29, 0.717) is 0 Å². The highest BCUT2D eigenvalue weighted by Crippen LogP contribution is 2.30. The third kappa shape index (κ3) is 1.78. The molecule has 2 rings (SSSR count). The molecule has 6 heteroatoms. The zero-order valence-corrected chi connectivity index (χ0v) is 8.39. The fraction of sp³-hybridized carbons (Fsp3) is 0.100. The third-order valence-electron chi connectivity index (χ3n) is 2.02. The summed E-state index contributed by atoms with van der Waals surface area (Å²) in [5.41, 5.74) is -2.81. The molecule has 1 aromatic heterocycles. The van der Waals surface area contributed by atoms with Gasteiger partial charge >= 0.3 is 11.8 Å². The molecule has 0 amide bonds. The fourth-order valence-corrected chi connectivity index (χ4v) is 1.53. The van der Waals surface area contributed by atoms with Crippen molar-refractivity contribution in [2.75, 3.05) is 0 Å². The molecule has 0 aliphatic carbocycles. The van der Waals surface area contributed by atoms with Crippen LogP contribution in [0.5, 0.6) is 0 Å². The van der Waals surface area contributed by atoms with Crippen LogP contribution in [0.15, 0.2) is 33.5 Å². The highest BCUT2D eigenvalue weighted by molar-refractivity contribution is 6.34. The Kier molecular flexibility index (Phi) is 2.42. The number of benzene rings is 1. The molecule has 0 fully saturated rings. The monoisotopic (exact) mass is 248 g/mol. The quantitative estimate of drug-likeness (QED) is 0.668. The van der Waals surface area contributed by atoms with E-state index in [9.17, 15) is 18.0 Å². The molecule has 2 nitrogen and oxygen atoms in total. The molecule has 84 valence electrons. The molecule has 0 spiro atoms. The van der Waals surface area contributed by atoms with Crippen molar-refractivity contribution in [1.82, 2.24) is 0 Å². The van der Waals surface area contributed by atoms with Gasteiger partial charge in [0.25, 0.3) is 0 Å². The number of hydrogen-bond acceptors (Lipinski definition) is 2. The van der Waals surface area contributed by atoms with Gasteiger partial charge in [-0.1, -0.05) is 23.7 Å². The van der Waals surface area contributed by atoms with Crippen molar-refractivity contribution in [3.8, 4) is 0 Å². The van der Waals surface area contributed by atoms with Gasteiger partial charge in [0, 0.05) is 5.39 Å². The zero-order valence-electron chi connectivity index (χ0n) is 7.64. The molecule has 1 aromatic carbocycles. The van der Waals surface area contributed by atoms with Gasteiger partial charge in [0.05, 0.1) is 5.02 Å². The Morgan fingerprint density at radius 3 is 2.56 bits per heavy atom. The lowest BCUT2D eigenvalue weighted by Crippen LogP contribution is -2.17. The average molecular weight is 249 g/mol. The molecular formula is C10H4ClF3O2. The molecule has 0 N–H and O–H groups in total. The van der Waals surface area contributed by atoms with Crippen molar-refractivity contribution in [1.29, 1.82) is 0 Å². The van der Waals surface area contributed by atoms with Gasteiger partial charge < -0.3 is 4.42 Å². The van der Waals surface area contributed by atoms with Gasteiger partial charge in [-0.3, -0.25) is 0 Å². The van der Waals surface area contributed by atoms with E-state index in [0.717, 1.165) is 6.07 Å². The van der Waals surface area contributed by atoms with Gasteiger partial charge in [-0.15, -0.1) is 0 Å². The van der Waals surface area contributed by atoms with E-state index in [1.807, 2.05) is 0 Å². The number of hydrogen-bond donors (Lipinski definition) is 0. The predicted molar refractivity (Wildman–Crippen MR) is 52.5 cm³/mol. The highest BCUT2D eigenvalue weighted by atomic mass is 35.5. The molecule has 0 radical (unpaired) electrons. The minimum Gasteiger partial charge on any atom is -0.421 e. The Labute approximate surface area is 92.2 Å². The van der Waals surface area contributed by atoms with Gasteiger partial charge in [-0.2, -0.15) is 13.2 Å². The van der Waals surface area contributed by atoms with Crippen molar-refractivity contribution in [2.24, 2.45) is 0 Å². The summed E-state index contributed by atoms with van der Waals surface area (Å²) in [6.45, 7) is 0. The van der Waals surface area contributed by atoms with Gasteiger partial charge in [0.1, 0.15) is 5.56 Å². The van der Waals surface area contributed by atoms with Crippen molar-refractivity contribution in [3.63, 3.8) is 0 Å². The van der Waals surface area contributed by atoms with Crippen LogP contribution < -0.4 is 5.63 Å². The Hall–Kier alpha value is -1.49. The predicted octanol–water partition coefficient (Wildman–Crippen LogP) is 3.47. The first kappa shape index (κ1) is 11.0. The standard InChI is InChI=1S/C10H4ClF3O2/c11-7-3-1-2-5-4-6(10(12,13)14)9(15)16-8(5)7/h1-4H. The number of alkyl halides is 3. The molecule has 0 saturated heterocycles. The van der Waals surface area contributed by atoms with Crippen LogP contribution in [0.1, 0.15) is 5.56 Å². The first-order valence-corrected chi connectivity index (χ1v) is 4.57. The van der Waals surface area contributed by atoms with E-state index >= 15 is 0 Å². The summed E-state index contributed by atoms with van der Waals surface area (Å²) < 4.78 is 41.7. The van der Waals surface area contributed by atoms with Crippen LogP contribution in [-0.4, -0.2) is 0 Å². The van der Waals surface area contributed by atoms with Crippen LogP contribution in [0.4, 0.5) is 13.2 Å². The second kappa shape index (κ2) is 3.52. The molecular weight excluding hydrogens is 245 g/mol. The van der Waals surface area contributed by atoms with E-state index in [-0.39, 0.29) is 16.0 Å². The maximum atomic E-state index is 12.4. The zero-order chi connectivity index (χ0) is 11.9. The third-order valence-corrected chi connectivity index (χ3v) is 2.31. The van der Waals surface area contributed by atoms with E-state index < -0.39 is 17.4 Å². The Balaban J connectivity index is 2.83. The summed E-state index contributed by atoms with van der Waals surface area (Å²) in [6.07, 6.45) is -4.73. The molecule has 16 heavy (non-hydrogen) atoms. The first-order chi connectivity index (χ1) is 7.39. The van der Waals surface area contributed by atoms with Crippen molar-refractivity contribution < 1.29 is 17.6 Å². The molecule has 0 aliphatic rings. The summed E-state index contributed by atoms with van der Waals surface area (Å²) in [4.78, 5) is 11.1. The molecule has 0 saturated carbocycles. The minimum absolute atomic E-state index is 0.0397. The second-order valence-corrected chi connectivity index (χ2v) is 3.51. The number of halogens is 4. The Bertz CT molecular complexity index is 601. The van der Waals surface area contributed by atoms with Crippen molar-refractivity contribution in [3.05, 3.63) is 45.3 Å². The molecule has 2 aromatic rings. The lowest BCUT2D eigenvalue weighted by atomic mass is 10.2. The van der Waals surface area contributed by atoms with Crippen LogP contribution in [0.3, 0.4) is 0 Å². The van der Waals surface area contributed by atoms with Gasteiger partial charge in [-0.25, -0.2) is 4.79 Å². The Morgan fingerprint density at radius 2 is 1.94 bits per heavy atom. The molecule has 1 heterocycles. The largest absolute Gasteiger partial charge is 0.423 e. The number of para-hydroxylation sites is 1. The van der Waals surface area contributed by atoms with E-state index in [2.05, 4.69) is 4.42 Å². The topological polar surface area (TPSA) is 30.2 Å². The smallest absolute Gasteiger partial charge is 0.421 e. The molecule has 0 aliphatic heterocycles. The lowest BCUT2D eigenvalue weighted by Gasteiger charge is -2.06. The van der Waals surface area contributed by atoms with Gasteiger partial charge in [0.15, 0.2) is 5.58 Å². The Morgan fingerprint density at radius 1 is 1.25 bits per heavy atom. The van der Waals surface area contributed by atoms with Crippen LogP contribution in [-0.2, 0) is 6.18 Å². The van der Waals surface area contributed by atoms with Gasteiger partial charge in [0.2, 0.25) is 0 Å². The van der Waals surface area contributed by atoms with Crippen LogP contribution in [0.2, 0.25) is 5.02 Å². The molecule has 0 atom stereocenters. The van der Waals surface area contributed by atoms with Crippen molar-refractivity contribution >= 4 is 22.6 Å². The molecule has 0 unspecified atom stereocenters. The summed E-state index contributed by atoms with van der Waals surface area (Å²) >= 11 is 5.68. The second-order valence-electron chi connectivity index (χ2n) is 3.10. The summed E-state index contributed by atoms with van der Waals surface area (Å²) in [5, 5.41) is 0.239. The van der Waals surface area contributed by atoms with Crippen LogP contribution in [0, 0.1) is 0 Å². The summed E-state index contributed by atoms with van der Waals surface area (Å²) in [6, 6.07) is 5.03. The maximum absolute atomic E-state index is 12.4. The van der Waals surface area contributed by atoms with E-state index in [1.54, 1.807) is 0 Å². The van der Waals surface area contributed by atoms with Crippen molar-refractivity contribution in [2.45, 2.75) is 6.18 Å². The van der Waals surface area contributed by atoms with Crippen LogP contribution in [0.25, 0.3) is 11.0 Å². The van der Waals surface area contributed by atoms with Gasteiger partial charge in [-0.05, 0) is 12.1 Å². The highest BCUT2D eigenvalue weighted by Gasteiger charge is 2.35. The van der Waals surface area contributed by atoms with E-state index in [4.69, 9.17) is 11.6 Å². The normalized spacial score (nSPS) is 12.0. The molecule has 0 bridgehead atoms.